The van der Waals surface area contributed by atoms with Crippen LogP contribution in [-0.4, -0.2) is 24.5 Å². The molecule has 124 valence electrons. The predicted molar refractivity (Wildman–Crippen MR) is 93.7 cm³/mol. The minimum Gasteiger partial charge on any atom is -0.479 e. The number of aryl methyl sites for hydroxylation is 1. The van der Waals surface area contributed by atoms with Crippen LogP contribution in [0.1, 0.15) is 12.5 Å². The van der Waals surface area contributed by atoms with E-state index in [1.54, 1.807) is 31.2 Å². The van der Waals surface area contributed by atoms with Gasteiger partial charge in [0.05, 0.1) is 16.4 Å². The molecule has 0 aromatic heterocycles. The van der Waals surface area contributed by atoms with Crippen LogP contribution in [0.2, 0.25) is 5.02 Å². The van der Waals surface area contributed by atoms with Crippen molar-refractivity contribution in [3.8, 4) is 5.75 Å². The number of fused-ring (bicyclic) bond motifs is 1. The quantitative estimate of drug-likeness (QED) is 0.928. The highest BCUT2D eigenvalue weighted by Crippen LogP contribution is 2.34. The van der Waals surface area contributed by atoms with Crippen molar-refractivity contribution in [2.75, 3.05) is 16.8 Å². The molecule has 0 spiro atoms. The Morgan fingerprint density at radius 2 is 2.04 bits per heavy atom. The third-order valence-electron chi connectivity index (χ3n) is 3.77. The second-order valence-corrected chi connectivity index (χ2v) is 6.09. The number of ether oxygens (including phenoxy) is 1. The highest BCUT2D eigenvalue weighted by Gasteiger charge is 2.32. The Kier molecular flexibility index (Phi) is 4.44. The van der Waals surface area contributed by atoms with Gasteiger partial charge in [-0.05, 0) is 43.7 Å². The first-order valence-corrected chi connectivity index (χ1v) is 7.96. The normalized spacial score (nSPS) is 16.4. The molecule has 6 heteroatoms. The molecule has 1 aliphatic heterocycles. The van der Waals surface area contributed by atoms with E-state index in [0.29, 0.717) is 22.1 Å². The Bertz CT molecular complexity index is 807. The van der Waals surface area contributed by atoms with Gasteiger partial charge in [-0.2, -0.15) is 0 Å². The van der Waals surface area contributed by atoms with Crippen molar-refractivity contribution in [1.29, 1.82) is 0 Å². The van der Waals surface area contributed by atoms with Crippen molar-refractivity contribution >= 4 is 34.8 Å². The van der Waals surface area contributed by atoms with E-state index in [2.05, 4.69) is 5.32 Å². The van der Waals surface area contributed by atoms with Crippen LogP contribution in [0.15, 0.2) is 42.5 Å². The lowest BCUT2D eigenvalue weighted by Gasteiger charge is -2.32. The first-order valence-electron chi connectivity index (χ1n) is 7.59. The number of halogens is 1. The standard InChI is InChI=1S/C18H17ClN2O3/c1-11-7-8-16-15(9-11)21(18(23)12(2)24-16)10-17(22)20-14-6-4-3-5-13(14)19/h3-9,12H,10H2,1-2H3,(H,20,22). The smallest absolute Gasteiger partial charge is 0.268 e. The Labute approximate surface area is 145 Å². The number of amides is 2. The van der Waals surface area contributed by atoms with E-state index in [-0.39, 0.29) is 18.4 Å². The van der Waals surface area contributed by atoms with E-state index in [1.165, 1.54) is 4.90 Å². The number of para-hydroxylation sites is 1. The van der Waals surface area contributed by atoms with Crippen molar-refractivity contribution in [3.05, 3.63) is 53.1 Å². The number of carbonyl (C=O) groups excluding carboxylic acids is 2. The van der Waals surface area contributed by atoms with Crippen LogP contribution < -0.4 is 15.0 Å². The number of benzene rings is 2. The molecule has 0 radical (unpaired) electrons. The molecule has 1 heterocycles. The molecule has 24 heavy (non-hydrogen) atoms. The molecule has 2 aromatic carbocycles. The third kappa shape index (κ3) is 3.21. The van der Waals surface area contributed by atoms with Gasteiger partial charge in [-0.15, -0.1) is 0 Å². The maximum atomic E-state index is 12.4. The van der Waals surface area contributed by atoms with Crippen LogP contribution in [-0.2, 0) is 9.59 Å². The number of nitrogens with zero attached hydrogens (tertiary/aromatic N) is 1. The lowest BCUT2D eigenvalue weighted by molar-refractivity contribution is -0.127. The molecule has 0 aliphatic carbocycles. The summed E-state index contributed by atoms with van der Waals surface area (Å²) in [5.74, 6) is 0.0265. The van der Waals surface area contributed by atoms with Crippen molar-refractivity contribution in [1.82, 2.24) is 0 Å². The van der Waals surface area contributed by atoms with Crippen molar-refractivity contribution < 1.29 is 14.3 Å². The predicted octanol–water partition coefficient (Wildman–Crippen LogP) is 3.40. The van der Waals surface area contributed by atoms with Crippen LogP contribution in [0.3, 0.4) is 0 Å². The maximum Gasteiger partial charge on any atom is 0.268 e. The number of nitrogens with one attached hydrogen (secondary N) is 1. The molecular weight excluding hydrogens is 328 g/mol. The molecule has 1 aliphatic rings. The molecule has 1 N–H and O–H groups in total. The monoisotopic (exact) mass is 344 g/mol. The largest absolute Gasteiger partial charge is 0.479 e. The topological polar surface area (TPSA) is 58.6 Å². The van der Waals surface area contributed by atoms with E-state index in [9.17, 15) is 9.59 Å². The van der Waals surface area contributed by atoms with Crippen LogP contribution >= 0.6 is 11.6 Å². The van der Waals surface area contributed by atoms with Gasteiger partial charge in [0, 0.05) is 0 Å². The summed E-state index contributed by atoms with van der Waals surface area (Å²) >= 11 is 6.05. The minimum atomic E-state index is -0.631. The fourth-order valence-electron chi connectivity index (χ4n) is 2.58. The number of hydrogen-bond acceptors (Lipinski definition) is 3. The van der Waals surface area contributed by atoms with Gasteiger partial charge in [-0.1, -0.05) is 29.8 Å². The molecule has 0 bridgehead atoms. The van der Waals surface area contributed by atoms with Gasteiger partial charge in [0.2, 0.25) is 5.91 Å². The lowest BCUT2D eigenvalue weighted by atomic mass is 10.1. The third-order valence-corrected chi connectivity index (χ3v) is 4.10. The zero-order valence-electron chi connectivity index (χ0n) is 13.4. The first kappa shape index (κ1) is 16.3. The highest BCUT2D eigenvalue weighted by atomic mass is 35.5. The molecule has 0 saturated heterocycles. The molecule has 1 unspecified atom stereocenters. The average molecular weight is 345 g/mol. The molecule has 0 saturated carbocycles. The number of rotatable bonds is 3. The number of carbonyl (C=O) groups is 2. The second-order valence-electron chi connectivity index (χ2n) is 5.68. The van der Waals surface area contributed by atoms with Crippen LogP contribution in [0, 0.1) is 6.92 Å². The van der Waals surface area contributed by atoms with E-state index < -0.39 is 6.10 Å². The number of hydrogen-bond donors (Lipinski definition) is 1. The summed E-state index contributed by atoms with van der Waals surface area (Å²) in [6.07, 6.45) is -0.631. The molecule has 2 aromatic rings. The highest BCUT2D eigenvalue weighted by molar-refractivity contribution is 6.33. The lowest BCUT2D eigenvalue weighted by Crippen LogP contribution is -2.47. The summed E-state index contributed by atoms with van der Waals surface area (Å²) in [6.45, 7) is 3.49. The summed E-state index contributed by atoms with van der Waals surface area (Å²) < 4.78 is 5.60. The van der Waals surface area contributed by atoms with Crippen molar-refractivity contribution in [2.45, 2.75) is 20.0 Å². The zero-order chi connectivity index (χ0) is 17.3. The molecular formula is C18H17ClN2O3. The molecule has 0 fully saturated rings. The summed E-state index contributed by atoms with van der Waals surface area (Å²) in [4.78, 5) is 26.3. The van der Waals surface area contributed by atoms with Crippen LogP contribution in [0.5, 0.6) is 5.75 Å². The molecule has 3 rings (SSSR count). The maximum absolute atomic E-state index is 12.4. The Morgan fingerprint density at radius 3 is 2.79 bits per heavy atom. The van der Waals surface area contributed by atoms with E-state index in [1.807, 2.05) is 25.1 Å². The summed E-state index contributed by atoms with van der Waals surface area (Å²) in [5.41, 5.74) is 2.10. The van der Waals surface area contributed by atoms with Crippen LogP contribution in [0.25, 0.3) is 0 Å². The molecule has 2 amide bonds. The summed E-state index contributed by atoms with van der Waals surface area (Å²) in [7, 11) is 0. The van der Waals surface area contributed by atoms with Crippen molar-refractivity contribution in [2.24, 2.45) is 0 Å². The number of anilines is 2. The van der Waals surface area contributed by atoms with Gasteiger partial charge >= 0.3 is 0 Å². The van der Waals surface area contributed by atoms with Gasteiger partial charge in [0.15, 0.2) is 6.10 Å². The fourth-order valence-corrected chi connectivity index (χ4v) is 2.76. The molecule has 5 nitrogen and oxygen atoms in total. The fraction of sp³-hybridized carbons (Fsp3) is 0.222. The SMILES string of the molecule is Cc1ccc2c(c1)N(CC(=O)Nc1ccccc1Cl)C(=O)C(C)O2. The van der Waals surface area contributed by atoms with Crippen LogP contribution in [0.4, 0.5) is 11.4 Å². The Hall–Kier alpha value is -2.53. The van der Waals surface area contributed by atoms with Gasteiger partial charge < -0.3 is 10.1 Å². The average Bonchev–Trinajstić information content (AvgIpc) is 2.55. The van der Waals surface area contributed by atoms with Gasteiger partial charge in [-0.25, -0.2) is 0 Å². The van der Waals surface area contributed by atoms with E-state index in [4.69, 9.17) is 16.3 Å². The minimum absolute atomic E-state index is 0.103. The zero-order valence-corrected chi connectivity index (χ0v) is 14.1. The second kappa shape index (κ2) is 6.53. The van der Waals surface area contributed by atoms with E-state index in [0.717, 1.165) is 5.56 Å². The van der Waals surface area contributed by atoms with Gasteiger partial charge in [-0.3, -0.25) is 14.5 Å². The Balaban J connectivity index is 1.83. The van der Waals surface area contributed by atoms with Crippen molar-refractivity contribution in [3.63, 3.8) is 0 Å². The van der Waals surface area contributed by atoms with E-state index >= 15 is 0 Å². The van der Waals surface area contributed by atoms with Gasteiger partial charge in [0.25, 0.3) is 5.91 Å². The molecule has 1 atom stereocenters. The Morgan fingerprint density at radius 1 is 1.29 bits per heavy atom. The first-order chi connectivity index (χ1) is 11.5. The van der Waals surface area contributed by atoms with Gasteiger partial charge in [0.1, 0.15) is 12.3 Å². The summed E-state index contributed by atoms with van der Waals surface area (Å²) in [5, 5.41) is 3.18. The summed E-state index contributed by atoms with van der Waals surface area (Å²) in [6, 6.07) is 12.5.